The lowest BCUT2D eigenvalue weighted by Gasteiger charge is -2.32. The van der Waals surface area contributed by atoms with E-state index in [9.17, 15) is 15.3 Å². The summed E-state index contributed by atoms with van der Waals surface area (Å²) in [5.74, 6) is 1.16. The van der Waals surface area contributed by atoms with E-state index in [1.807, 2.05) is 35.2 Å². The highest BCUT2D eigenvalue weighted by atomic mass is 16.6. The minimum absolute atomic E-state index is 0.0630. The Kier molecular flexibility index (Phi) is 5.33. The van der Waals surface area contributed by atoms with Gasteiger partial charge in [0, 0.05) is 6.42 Å². The van der Waals surface area contributed by atoms with Crippen molar-refractivity contribution in [3.05, 3.63) is 64.0 Å². The normalized spacial score (nSPS) is 17.3. The van der Waals surface area contributed by atoms with Crippen molar-refractivity contribution in [3.63, 3.8) is 0 Å². The molecular weight excluding hydrogens is 322 g/mol. The van der Waals surface area contributed by atoms with Crippen molar-refractivity contribution < 1.29 is 14.4 Å². The SMILES string of the molecule is O=[N+]([O-])c1cc[n+]([O-])c(N2CCCC[C@@H]2CCOc2ccccc2)c1. The Labute approximate surface area is 146 Å². The monoisotopic (exact) mass is 343 g/mol. The number of benzene rings is 1. The van der Waals surface area contributed by atoms with Crippen LogP contribution in [0.3, 0.4) is 0 Å². The summed E-state index contributed by atoms with van der Waals surface area (Å²) in [5, 5.41) is 23.2. The van der Waals surface area contributed by atoms with Crippen LogP contribution in [-0.2, 0) is 0 Å². The lowest BCUT2D eigenvalue weighted by Crippen LogP contribution is -2.47. The van der Waals surface area contributed by atoms with Gasteiger partial charge >= 0.3 is 0 Å². The Hall–Kier alpha value is -2.83. The van der Waals surface area contributed by atoms with Gasteiger partial charge in [0.15, 0.2) is 0 Å². The summed E-state index contributed by atoms with van der Waals surface area (Å²) in [6.45, 7) is 1.26. The summed E-state index contributed by atoms with van der Waals surface area (Å²) >= 11 is 0. The van der Waals surface area contributed by atoms with E-state index < -0.39 is 4.92 Å². The van der Waals surface area contributed by atoms with Crippen LogP contribution in [0.1, 0.15) is 25.7 Å². The lowest BCUT2D eigenvalue weighted by molar-refractivity contribution is -0.593. The second kappa shape index (κ2) is 7.83. The molecule has 1 atom stereocenters. The van der Waals surface area contributed by atoms with Crippen LogP contribution in [0, 0.1) is 15.3 Å². The third kappa shape index (κ3) is 4.17. The molecule has 1 aromatic heterocycles. The third-order valence-electron chi connectivity index (χ3n) is 4.48. The summed E-state index contributed by atoms with van der Waals surface area (Å²) in [5.41, 5.74) is -0.0630. The second-order valence-corrected chi connectivity index (χ2v) is 6.12. The minimum atomic E-state index is -0.471. The van der Waals surface area contributed by atoms with Crippen molar-refractivity contribution >= 4 is 11.5 Å². The highest BCUT2D eigenvalue weighted by Gasteiger charge is 2.31. The smallest absolute Gasteiger partial charge is 0.286 e. The number of hydrogen-bond acceptors (Lipinski definition) is 5. The molecule has 2 aromatic rings. The highest BCUT2D eigenvalue weighted by molar-refractivity contribution is 5.44. The molecular formula is C18H21N3O4. The van der Waals surface area contributed by atoms with Crippen molar-refractivity contribution in [2.45, 2.75) is 31.7 Å². The number of ether oxygens (including phenoxy) is 1. The largest absolute Gasteiger partial charge is 0.711 e. The fourth-order valence-electron chi connectivity index (χ4n) is 3.22. The molecule has 132 valence electrons. The van der Waals surface area contributed by atoms with Crippen molar-refractivity contribution in [2.24, 2.45) is 0 Å². The maximum Gasteiger partial charge on any atom is 0.286 e. The Morgan fingerprint density at radius 1 is 1.24 bits per heavy atom. The second-order valence-electron chi connectivity index (χ2n) is 6.12. The molecule has 1 saturated heterocycles. The van der Waals surface area contributed by atoms with Gasteiger partial charge in [0.05, 0.1) is 30.2 Å². The summed E-state index contributed by atoms with van der Waals surface area (Å²) in [6.07, 6.45) is 4.97. The van der Waals surface area contributed by atoms with Crippen LogP contribution in [0.15, 0.2) is 48.7 Å². The minimum Gasteiger partial charge on any atom is -0.711 e. The lowest BCUT2D eigenvalue weighted by atomic mass is 9.99. The molecule has 0 N–H and O–H groups in total. The standard InChI is InChI=1S/C18H21N3O4/c22-20-12-9-16(21(23)24)14-18(20)19-11-5-4-6-15(19)10-13-25-17-7-2-1-3-8-17/h1-3,7-9,12,14-15H,4-6,10-11,13H2/t15-/m1/s1. The van der Waals surface area contributed by atoms with Crippen LogP contribution in [-0.4, -0.2) is 24.1 Å². The van der Waals surface area contributed by atoms with E-state index in [4.69, 9.17) is 4.74 Å². The molecule has 1 fully saturated rings. The summed E-state index contributed by atoms with van der Waals surface area (Å²) in [6, 6.07) is 12.3. The van der Waals surface area contributed by atoms with Gasteiger partial charge in [-0.15, -0.1) is 0 Å². The van der Waals surface area contributed by atoms with Gasteiger partial charge in [-0.25, -0.2) is 4.73 Å². The average molecular weight is 343 g/mol. The van der Waals surface area contributed by atoms with Crippen molar-refractivity contribution in [1.82, 2.24) is 0 Å². The zero-order valence-electron chi connectivity index (χ0n) is 13.9. The molecule has 3 rings (SSSR count). The van der Waals surface area contributed by atoms with E-state index in [0.29, 0.717) is 17.2 Å². The van der Waals surface area contributed by atoms with Gasteiger partial charge in [0.25, 0.3) is 11.5 Å². The molecule has 0 unspecified atom stereocenters. The van der Waals surface area contributed by atoms with Crippen LogP contribution in [0.2, 0.25) is 0 Å². The van der Waals surface area contributed by atoms with Crippen LogP contribution in [0.5, 0.6) is 5.75 Å². The van der Waals surface area contributed by atoms with Gasteiger partial charge in [0.1, 0.15) is 18.0 Å². The molecule has 2 heterocycles. The van der Waals surface area contributed by atoms with Gasteiger partial charge < -0.3 is 9.94 Å². The number of hydrogen-bond donors (Lipinski definition) is 0. The van der Waals surface area contributed by atoms with Gasteiger partial charge in [-0.05, 0) is 31.4 Å². The first-order valence-electron chi connectivity index (χ1n) is 8.47. The molecule has 1 aliphatic heterocycles. The van der Waals surface area contributed by atoms with Gasteiger partial charge in [-0.3, -0.25) is 15.0 Å². The number of piperidine rings is 1. The van der Waals surface area contributed by atoms with E-state index in [-0.39, 0.29) is 11.7 Å². The van der Waals surface area contributed by atoms with Crippen molar-refractivity contribution in [1.29, 1.82) is 0 Å². The van der Waals surface area contributed by atoms with Gasteiger partial charge in [-0.1, -0.05) is 18.2 Å². The summed E-state index contributed by atoms with van der Waals surface area (Å²) < 4.78 is 6.48. The zero-order valence-corrected chi connectivity index (χ0v) is 13.9. The Morgan fingerprint density at radius 3 is 2.80 bits per heavy atom. The molecule has 0 aliphatic carbocycles. The first-order chi connectivity index (χ1) is 12.1. The molecule has 7 heteroatoms. The maximum absolute atomic E-state index is 12.2. The van der Waals surface area contributed by atoms with Crippen LogP contribution >= 0.6 is 0 Å². The Balaban J connectivity index is 1.70. The molecule has 1 aromatic carbocycles. The molecule has 7 nitrogen and oxygen atoms in total. The number of nitro groups is 1. The van der Waals surface area contributed by atoms with Gasteiger partial charge in [0.2, 0.25) is 0 Å². The number of aromatic nitrogens is 1. The number of anilines is 1. The summed E-state index contributed by atoms with van der Waals surface area (Å²) in [7, 11) is 0. The van der Waals surface area contributed by atoms with Crippen molar-refractivity contribution in [3.8, 4) is 5.75 Å². The Morgan fingerprint density at radius 2 is 2.04 bits per heavy atom. The topological polar surface area (TPSA) is 82.5 Å². The number of rotatable bonds is 6. The molecule has 0 bridgehead atoms. The number of pyridine rings is 1. The van der Waals surface area contributed by atoms with E-state index in [2.05, 4.69) is 0 Å². The van der Waals surface area contributed by atoms with E-state index >= 15 is 0 Å². The van der Waals surface area contributed by atoms with Crippen LogP contribution in [0.25, 0.3) is 0 Å². The van der Waals surface area contributed by atoms with E-state index in [1.54, 1.807) is 0 Å². The molecule has 0 radical (unpaired) electrons. The summed E-state index contributed by atoms with van der Waals surface area (Å²) in [4.78, 5) is 12.5. The highest BCUT2D eigenvalue weighted by Crippen LogP contribution is 2.26. The number of nitrogens with zero attached hydrogens (tertiary/aromatic N) is 3. The predicted octanol–water partition coefficient (Wildman–Crippen LogP) is 3.06. The first-order valence-corrected chi connectivity index (χ1v) is 8.47. The quantitative estimate of drug-likeness (QED) is 0.348. The molecule has 0 saturated carbocycles. The van der Waals surface area contributed by atoms with Gasteiger partial charge in [-0.2, -0.15) is 0 Å². The maximum atomic E-state index is 12.2. The number of para-hydroxylation sites is 1. The van der Waals surface area contributed by atoms with Crippen molar-refractivity contribution in [2.75, 3.05) is 18.1 Å². The van der Waals surface area contributed by atoms with E-state index in [0.717, 1.165) is 38.0 Å². The fourth-order valence-corrected chi connectivity index (χ4v) is 3.22. The molecule has 1 aliphatic rings. The Bertz CT molecular complexity index is 724. The fraction of sp³-hybridized carbons (Fsp3) is 0.389. The van der Waals surface area contributed by atoms with Crippen LogP contribution in [0.4, 0.5) is 11.5 Å². The molecule has 0 spiro atoms. The third-order valence-corrected chi connectivity index (χ3v) is 4.48. The zero-order chi connectivity index (χ0) is 17.6. The molecule has 0 amide bonds. The van der Waals surface area contributed by atoms with E-state index in [1.165, 1.54) is 18.3 Å². The first kappa shape index (κ1) is 17.0. The van der Waals surface area contributed by atoms with Crippen LogP contribution < -0.4 is 14.4 Å². The predicted molar refractivity (Wildman–Crippen MR) is 93.6 cm³/mol. The molecule has 25 heavy (non-hydrogen) atoms. The average Bonchev–Trinajstić information content (AvgIpc) is 2.63.